The second kappa shape index (κ2) is 6.95. The Morgan fingerprint density at radius 2 is 1.74 bits per heavy atom. The molecular formula is C22H24FNO3. The molecule has 2 saturated carbocycles. The van der Waals surface area contributed by atoms with Crippen LogP contribution in [0.2, 0.25) is 0 Å². The first-order valence-electron chi connectivity index (χ1n) is 9.65. The van der Waals surface area contributed by atoms with Crippen molar-refractivity contribution in [2.24, 2.45) is 11.8 Å². The van der Waals surface area contributed by atoms with E-state index in [2.05, 4.69) is 24.0 Å². The van der Waals surface area contributed by atoms with Crippen LogP contribution in [0.1, 0.15) is 61.4 Å². The van der Waals surface area contributed by atoms with Crippen LogP contribution in [-0.4, -0.2) is 16.1 Å². The van der Waals surface area contributed by atoms with E-state index in [-0.39, 0.29) is 16.9 Å². The maximum absolute atomic E-state index is 14.0. The Morgan fingerprint density at radius 3 is 2.26 bits per heavy atom. The molecule has 1 aromatic carbocycles. The van der Waals surface area contributed by atoms with Gasteiger partial charge in [0.2, 0.25) is 0 Å². The molecule has 4 nitrogen and oxygen atoms in total. The Labute approximate surface area is 158 Å². The number of carboxylic acids is 1. The third kappa shape index (κ3) is 3.20. The van der Waals surface area contributed by atoms with Crippen LogP contribution in [0.5, 0.6) is 11.6 Å². The zero-order valence-electron chi connectivity index (χ0n) is 15.5. The lowest BCUT2D eigenvalue weighted by molar-refractivity contribution is 0.0666. The van der Waals surface area contributed by atoms with Crippen LogP contribution in [0.3, 0.4) is 0 Å². The Balaban J connectivity index is 1.55. The molecule has 0 spiro atoms. The number of ether oxygens (including phenoxy) is 1. The number of halogens is 1. The molecule has 0 saturated heterocycles. The smallest absolute Gasteiger partial charge is 0.337 e. The van der Waals surface area contributed by atoms with E-state index in [1.54, 1.807) is 0 Å². The van der Waals surface area contributed by atoms with Gasteiger partial charge in [-0.3, -0.25) is 0 Å². The maximum Gasteiger partial charge on any atom is 0.337 e. The van der Waals surface area contributed by atoms with Crippen molar-refractivity contribution in [1.82, 2.24) is 4.98 Å². The number of aromatic nitrogens is 1. The minimum absolute atomic E-state index is 0.202. The predicted octanol–water partition coefficient (Wildman–Crippen LogP) is 5.57. The van der Waals surface area contributed by atoms with Crippen LogP contribution in [0.15, 0.2) is 36.5 Å². The van der Waals surface area contributed by atoms with Crippen LogP contribution >= 0.6 is 0 Å². The highest BCUT2D eigenvalue weighted by Gasteiger charge is 2.46. The average Bonchev–Trinajstić information content (AvgIpc) is 2.63. The largest absolute Gasteiger partial charge is 0.478 e. The second-order valence-electron chi connectivity index (χ2n) is 7.98. The fraction of sp³-hybridized carbons (Fsp3) is 0.455. The SMILES string of the molecule is CC1(c2ccc(Oc3ncc(C(=O)O)cc3F)cc2)C2CCCC1CCC2. The highest BCUT2D eigenvalue weighted by molar-refractivity contribution is 5.87. The van der Waals surface area contributed by atoms with Gasteiger partial charge in [-0.15, -0.1) is 0 Å². The molecule has 2 aliphatic rings. The predicted molar refractivity (Wildman–Crippen MR) is 99.7 cm³/mol. The van der Waals surface area contributed by atoms with Crippen molar-refractivity contribution in [3.63, 3.8) is 0 Å². The molecule has 142 valence electrons. The number of benzene rings is 1. The van der Waals surface area contributed by atoms with Gasteiger partial charge in [0.1, 0.15) is 5.75 Å². The Kier molecular flexibility index (Phi) is 4.62. The highest BCUT2D eigenvalue weighted by atomic mass is 19.1. The summed E-state index contributed by atoms with van der Waals surface area (Å²) in [5, 5.41) is 8.89. The van der Waals surface area contributed by atoms with E-state index in [0.717, 1.165) is 24.1 Å². The van der Waals surface area contributed by atoms with Crippen molar-refractivity contribution in [2.75, 3.05) is 0 Å². The fourth-order valence-electron chi connectivity index (χ4n) is 5.13. The van der Waals surface area contributed by atoms with Crippen LogP contribution in [0, 0.1) is 17.7 Å². The molecule has 27 heavy (non-hydrogen) atoms. The van der Waals surface area contributed by atoms with E-state index in [4.69, 9.17) is 9.84 Å². The van der Waals surface area contributed by atoms with Gasteiger partial charge in [-0.1, -0.05) is 31.9 Å². The first-order chi connectivity index (χ1) is 13.0. The summed E-state index contributed by atoms with van der Waals surface area (Å²) in [6.07, 6.45) is 8.98. The number of fused-ring (bicyclic) bond motifs is 2. The number of rotatable bonds is 4. The molecule has 1 heterocycles. The number of pyridine rings is 1. The monoisotopic (exact) mass is 369 g/mol. The lowest BCUT2D eigenvalue weighted by atomic mass is 9.53. The molecule has 2 bridgehead atoms. The van der Waals surface area contributed by atoms with E-state index in [0.29, 0.717) is 5.75 Å². The maximum atomic E-state index is 14.0. The molecule has 0 unspecified atom stereocenters. The molecule has 1 N–H and O–H groups in total. The standard InChI is InChI=1S/C22H24FNO3/c1-22(15-4-2-5-16(22)7-3-6-15)17-8-10-18(11-9-17)27-20-19(23)12-14(13-24-20)21(25)26/h8-13,15-16H,2-7H2,1H3,(H,25,26). The van der Waals surface area contributed by atoms with Crippen molar-refractivity contribution in [3.8, 4) is 11.6 Å². The lowest BCUT2D eigenvalue weighted by Crippen LogP contribution is -2.45. The summed E-state index contributed by atoms with van der Waals surface area (Å²) in [6, 6.07) is 8.82. The quantitative estimate of drug-likeness (QED) is 0.765. The van der Waals surface area contributed by atoms with Gasteiger partial charge in [0, 0.05) is 6.20 Å². The lowest BCUT2D eigenvalue weighted by Gasteiger charge is -2.52. The topological polar surface area (TPSA) is 59.4 Å². The molecule has 0 amide bonds. The van der Waals surface area contributed by atoms with Gasteiger partial charge in [-0.05, 0) is 66.7 Å². The first-order valence-corrected chi connectivity index (χ1v) is 9.65. The van der Waals surface area contributed by atoms with E-state index in [9.17, 15) is 9.18 Å². The van der Waals surface area contributed by atoms with Gasteiger partial charge in [0.25, 0.3) is 5.88 Å². The molecule has 1 aromatic heterocycles. The molecule has 0 aliphatic heterocycles. The summed E-state index contributed by atoms with van der Waals surface area (Å²) >= 11 is 0. The summed E-state index contributed by atoms with van der Waals surface area (Å²) in [4.78, 5) is 14.7. The number of nitrogens with zero attached hydrogens (tertiary/aromatic N) is 1. The molecule has 2 aliphatic carbocycles. The van der Waals surface area contributed by atoms with Gasteiger partial charge >= 0.3 is 5.97 Å². The summed E-state index contributed by atoms with van der Waals surface area (Å²) in [6.45, 7) is 2.41. The third-order valence-electron chi connectivity index (χ3n) is 6.65. The van der Waals surface area contributed by atoms with E-state index in [1.165, 1.54) is 44.1 Å². The minimum Gasteiger partial charge on any atom is -0.478 e. The van der Waals surface area contributed by atoms with Crippen molar-refractivity contribution >= 4 is 5.97 Å². The Hall–Kier alpha value is -2.43. The van der Waals surface area contributed by atoms with Crippen LogP contribution in [0.25, 0.3) is 0 Å². The molecule has 2 fully saturated rings. The zero-order valence-corrected chi connectivity index (χ0v) is 15.5. The number of carbonyl (C=O) groups is 1. The summed E-state index contributed by atoms with van der Waals surface area (Å²) in [5.74, 6) is -0.249. The van der Waals surface area contributed by atoms with Crippen LogP contribution < -0.4 is 4.74 Å². The van der Waals surface area contributed by atoms with Crippen molar-refractivity contribution in [1.29, 1.82) is 0 Å². The van der Waals surface area contributed by atoms with E-state index in [1.807, 2.05) is 12.1 Å². The van der Waals surface area contributed by atoms with Crippen molar-refractivity contribution < 1.29 is 19.0 Å². The van der Waals surface area contributed by atoms with Crippen LogP contribution in [-0.2, 0) is 5.41 Å². The summed E-state index contributed by atoms with van der Waals surface area (Å²) < 4.78 is 19.6. The van der Waals surface area contributed by atoms with Gasteiger partial charge in [-0.2, -0.15) is 0 Å². The highest BCUT2D eigenvalue weighted by Crippen LogP contribution is 2.54. The minimum atomic E-state index is -1.22. The molecule has 2 aromatic rings. The fourth-order valence-corrected chi connectivity index (χ4v) is 5.13. The molecular weight excluding hydrogens is 345 g/mol. The number of hydrogen-bond acceptors (Lipinski definition) is 3. The Bertz CT molecular complexity index is 827. The normalized spacial score (nSPS) is 27.2. The molecule has 0 atom stereocenters. The average molecular weight is 369 g/mol. The first kappa shape index (κ1) is 18.0. The second-order valence-corrected chi connectivity index (χ2v) is 7.98. The molecule has 4 rings (SSSR count). The molecule has 5 heteroatoms. The van der Waals surface area contributed by atoms with Gasteiger partial charge < -0.3 is 9.84 Å². The van der Waals surface area contributed by atoms with Crippen molar-refractivity contribution in [2.45, 2.75) is 50.9 Å². The summed E-state index contributed by atoms with van der Waals surface area (Å²) in [5.41, 5.74) is 1.34. The van der Waals surface area contributed by atoms with Gasteiger partial charge in [-0.25, -0.2) is 14.2 Å². The third-order valence-corrected chi connectivity index (χ3v) is 6.65. The Morgan fingerprint density at radius 1 is 1.15 bits per heavy atom. The van der Waals surface area contributed by atoms with E-state index < -0.39 is 11.8 Å². The van der Waals surface area contributed by atoms with E-state index >= 15 is 0 Å². The zero-order chi connectivity index (χ0) is 19.0. The molecule has 0 radical (unpaired) electrons. The number of hydrogen-bond donors (Lipinski definition) is 1. The number of aromatic carboxylic acids is 1. The van der Waals surface area contributed by atoms with Crippen LogP contribution in [0.4, 0.5) is 4.39 Å². The van der Waals surface area contributed by atoms with Gasteiger partial charge in [0.05, 0.1) is 5.56 Å². The number of carboxylic acid groups (broad SMARTS) is 1. The van der Waals surface area contributed by atoms with Gasteiger partial charge in [0.15, 0.2) is 5.82 Å². The van der Waals surface area contributed by atoms with Crippen molar-refractivity contribution in [3.05, 3.63) is 53.5 Å². The summed E-state index contributed by atoms with van der Waals surface area (Å²) in [7, 11) is 0.